The second kappa shape index (κ2) is 5.25. The lowest BCUT2D eigenvalue weighted by molar-refractivity contribution is 0.712. The summed E-state index contributed by atoms with van der Waals surface area (Å²) in [7, 11) is 0. The van der Waals surface area contributed by atoms with Gasteiger partial charge in [0.15, 0.2) is 0 Å². The van der Waals surface area contributed by atoms with Gasteiger partial charge in [-0.05, 0) is 48.8 Å². The fourth-order valence-electron chi connectivity index (χ4n) is 2.39. The van der Waals surface area contributed by atoms with Gasteiger partial charge >= 0.3 is 0 Å². The van der Waals surface area contributed by atoms with Crippen molar-refractivity contribution in [1.29, 1.82) is 0 Å². The van der Waals surface area contributed by atoms with Crippen LogP contribution in [0.4, 0.5) is 0 Å². The van der Waals surface area contributed by atoms with Gasteiger partial charge < -0.3 is 0 Å². The molecule has 0 radical (unpaired) electrons. The number of halogens is 1. The van der Waals surface area contributed by atoms with Crippen LogP contribution in [0.5, 0.6) is 0 Å². The van der Waals surface area contributed by atoms with Gasteiger partial charge in [0.05, 0.1) is 4.83 Å². The van der Waals surface area contributed by atoms with Crippen LogP contribution in [0.15, 0.2) is 23.6 Å². The van der Waals surface area contributed by atoms with Gasteiger partial charge in [-0.15, -0.1) is 22.7 Å². The Hall–Kier alpha value is -0.120. The molecular weight excluding hydrogens is 312 g/mol. The van der Waals surface area contributed by atoms with Gasteiger partial charge in [0, 0.05) is 14.6 Å². The monoisotopic (exact) mass is 326 g/mol. The molecule has 0 spiro atoms. The minimum absolute atomic E-state index is 0.402. The summed E-state index contributed by atoms with van der Waals surface area (Å²) in [6.07, 6.45) is 6.73. The van der Waals surface area contributed by atoms with E-state index in [0.717, 1.165) is 0 Å². The van der Waals surface area contributed by atoms with E-state index < -0.39 is 0 Å². The van der Waals surface area contributed by atoms with Gasteiger partial charge in [0.1, 0.15) is 0 Å². The third kappa shape index (κ3) is 2.51. The highest BCUT2D eigenvalue weighted by Crippen LogP contribution is 2.40. The van der Waals surface area contributed by atoms with Gasteiger partial charge in [-0.2, -0.15) is 0 Å². The number of rotatable bonds is 2. The van der Waals surface area contributed by atoms with Gasteiger partial charge in [-0.25, -0.2) is 0 Å². The van der Waals surface area contributed by atoms with Gasteiger partial charge in [-0.3, -0.25) is 0 Å². The van der Waals surface area contributed by atoms with E-state index in [2.05, 4.69) is 39.5 Å². The molecule has 90 valence electrons. The predicted molar refractivity (Wildman–Crippen MR) is 80.7 cm³/mol. The Kier molecular flexibility index (Phi) is 3.69. The van der Waals surface area contributed by atoms with Crippen molar-refractivity contribution in [1.82, 2.24) is 0 Å². The van der Waals surface area contributed by atoms with Gasteiger partial charge in [0.2, 0.25) is 0 Å². The largest absolute Gasteiger partial charge is 0.147 e. The maximum atomic E-state index is 3.84. The van der Waals surface area contributed by atoms with E-state index in [1.807, 2.05) is 22.7 Å². The fourth-order valence-corrected chi connectivity index (χ4v) is 5.33. The summed E-state index contributed by atoms with van der Waals surface area (Å²) in [5, 5.41) is 2.15. The number of fused-ring (bicyclic) bond motifs is 1. The van der Waals surface area contributed by atoms with Crippen molar-refractivity contribution in [2.45, 2.75) is 36.9 Å². The van der Waals surface area contributed by atoms with Crippen LogP contribution < -0.4 is 0 Å². The average Bonchev–Trinajstić information content (AvgIpc) is 2.95. The molecule has 0 N–H and O–H groups in total. The lowest BCUT2D eigenvalue weighted by Crippen LogP contribution is -1.85. The second-order valence-corrected chi connectivity index (χ2v) is 7.60. The number of thiophene rings is 2. The Balaban J connectivity index is 1.89. The molecule has 0 nitrogen and oxygen atoms in total. The van der Waals surface area contributed by atoms with Crippen molar-refractivity contribution in [2.75, 3.05) is 0 Å². The van der Waals surface area contributed by atoms with Crippen molar-refractivity contribution in [2.24, 2.45) is 0 Å². The van der Waals surface area contributed by atoms with E-state index in [1.54, 1.807) is 10.4 Å². The Morgan fingerprint density at radius 1 is 1.12 bits per heavy atom. The lowest BCUT2D eigenvalue weighted by atomic mass is 10.1. The van der Waals surface area contributed by atoms with Crippen LogP contribution in [0, 0.1) is 0 Å². The first-order valence-electron chi connectivity index (χ1n) is 6.13. The summed E-state index contributed by atoms with van der Waals surface area (Å²) < 4.78 is 0. The Bertz CT molecular complexity index is 461. The van der Waals surface area contributed by atoms with Crippen molar-refractivity contribution in [3.63, 3.8) is 0 Å². The molecule has 0 fully saturated rings. The van der Waals surface area contributed by atoms with Gasteiger partial charge in [-0.1, -0.05) is 28.4 Å². The number of alkyl halides is 1. The molecule has 1 aliphatic carbocycles. The molecule has 1 unspecified atom stereocenters. The van der Waals surface area contributed by atoms with E-state index >= 15 is 0 Å². The smallest absolute Gasteiger partial charge is 0.0831 e. The van der Waals surface area contributed by atoms with Crippen LogP contribution >= 0.6 is 38.6 Å². The van der Waals surface area contributed by atoms with Crippen molar-refractivity contribution in [3.05, 3.63) is 43.8 Å². The standard InChI is InChI=1S/C14H15BrS2/c15-14(12-7-4-8-16-12)13-9-10-5-2-1-3-6-11(10)17-13/h4,7-9,14H,1-3,5-6H2. The molecule has 0 amide bonds. The maximum Gasteiger partial charge on any atom is 0.0831 e. The van der Waals surface area contributed by atoms with E-state index in [4.69, 9.17) is 0 Å². The summed E-state index contributed by atoms with van der Waals surface area (Å²) in [4.78, 5) is 4.94. The van der Waals surface area contributed by atoms with Crippen LogP contribution in [0.25, 0.3) is 0 Å². The molecule has 0 aromatic carbocycles. The number of aryl methyl sites for hydroxylation is 2. The molecular formula is C14H15BrS2. The normalized spacial score (nSPS) is 17.5. The molecule has 2 heterocycles. The van der Waals surface area contributed by atoms with E-state index in [0.29, 0.717) is 4.83 Å². The molecule has 2 aromatic heterocycles. The Labute approximate surface area is 119 Å². The highest BCUT2D eigenvalue weighted by Gasteiger charge is 2.18. The third-order valence-corrected chi connectivity index (χ3v) is 7.14. The summed E-state index contributed by atoms with van der Waals surface area (Å²) in [5.74, 6) is 0. The van der Waals surface area contributed by atoms with Crippen molar-refractivity contribution < 1.29 is 0 Å². The molecule has 3 rings (SSSR count). The first-order valence-corrected chi connectivity index (χ1v) is 8.75. The van der Waals surface area contributed by atoms with Crippen molar-refractivity contribution in [3.8, 4) is 0 Å². The van der Waals surface area contributed by atoms with Crippen LogP contribution in [-0.4, -0.2) is 0 Å². The van der Waals surface area contributed by atoms with Crippen LogP contribution in [0.2, 0.25) is 0 Å². The van der Waals surface area contributed by atoms with E-state index in [1.165, 1.54) is 41.9 Å². The summed E-state index contributed by atoms with van der Waals surface area (Å²) >= 11 is 7.69. The first-order chi connectivity index (χ1) is 8.34. The quantitative estimate of drug-likeness (QED) is 0.500. The minimum Gasteiger partial charge on any atom is -0.147 e. The summed E-state index contributed by atoms with van der Waals surface area (Å²) in [5.41, 5.74) is 1.61. The highest BCUT2D eigenvalue weighted by molar-refractivity contribution is 9.09. The zero-order valence-electron chi connectivity index (χ0n) is 9.62. The first kappa shape index (κ1) is 11.9. The molecule has 1 aliphatic rings. The third-order valence-electron chi connectivity index (χ3n) is 3.31. The topological polar surface area (TPSA) is 0 Å². The number of hydrogen-bond donors (Lipinski definition) is 0. The molecule has 1 atom stereocenters. The zero-order valence-corrected chi connectivity index (χ0v) is 12.8. The van der Waals surface area contributed by atoms with E-state index in [9.17, 15) is 0 Å². The molecule has 0 saturated carbocycles. The SMILES string of the molecule is BrC(c1cccs1)c1cc2c(s1)CCCCC2. The zero-order chi connectivity index (χ0) is 11.7. The van der Waals surface area contributed by atoms with Crippen LogP contribution in [0.1, 0.15) is 44.3 Å². The predicted octanol–water partition coefficient (Wildman–Crippen LogP) is 5.56. The Morgan fingerprint density at radius 2 is 2.00 bits per heavy atom. The minimum atomic E-state index is 0.402. The number of hydrogen-bond acceptors (Lipinski definition) is 2. The van der Waals surface area contributed by atoms with Crippen LogP contribution in [0.3, 0.4) is 0 Å². The Morgan fingerprint density at radius 3 is 2.82 bits per heavy atom. The second-order valence-electron chi connectivity index (χ2n) is 4.54. The highest BCUT2D eigenvalue weighted by atomic mass is 79.9. The lowest BCUT2D eigenvalue weighted by Gasteiger charge is -2.03. The molecule has 0 saturated heterocycles. The maximum absolute atomic E-state index is 3.84. The molecule has 2 aromatic rings. The average molecular weight is 327 g/mol. The molecule has 3 heteroatoms. The molecule has 0 bridgehead atoms. The van der Waals surface area contributed by atoms with E-state index in [-0.39, 0.29) is 0 Å². The summed E-state index contributed by atoms with van der Waals surface area (Å²) in [6, 6.07) is 6.78. The summed E-state index contributed by atoms with van der Waals surface area (Å²) in [6.45, 7) is 0. The molecule has 0 aliphatic heterocycles. The molecule has 17 heavy (non-hydrogen) atoms. The van der Waals surface area contributed by atoms with Crippen LogP contribution in [-0.2, 0) is 12.8 Å². The van der Waals surface area contributed by atoms with Crippen molar-refractivity contribution >= 4 is 38.6 Å². The fraction of sp³-hybridized carbons (Fsp3) is 0.429. The van der Waals surface area contributed by atoms with Gasteiger partial charge in [0.25, 0.3) is 0 Å².